The number of halogens is 1. The molecule has 0 aromatic carbocycles. The van der Waals surface area contributed by atoms with Crippen molar-refractivity contribution in [3.05, 3.63) is 45.9 Å². The topological polar surface area (TPSA) is 68.5 Å². The lowest BCUT2D eigenvalue weighted by Crippen LogP contribution is -2.07. The molecule has 3 heterocycles. The first-order valence-corrected chi connectivity index (χ1v) is 7.65. The second kappa shape index (κ2) is 6.19. The largest absolute Gasteiger partial charge is 0.349 e. The van der Waals surface area contributed by atoms with E-state index in [9.17, 15) is 0 Å². The minimum atomic E-state index is 0.150. The van der Waals surface area contributed by atoms with Gasteiger partial charge in [-0.25, -0.2) is 4.98 Å². The van der Waals surface area contributed by atoms with Crippen LogP contribution < -0.4 is 5.32 Å². The van der Waals surface area contributed by atoms with E-state index >= 15 is 0 Å². The van der Waals surface area contributed by atoms with Crippen LogP contribution in [-0.4, -0.2) is 24.5 Å². The molecule has 8 heteroatoms. The summed E-state index contributed by atoms with van der Waals surface area (Å²) >= 11 is 7.72. The first kappa shape index (κ1) is 14.0. The van der Waals surface area contributed by atoms with Gasteiger partial charge in [-0.1, -0.05) is 6.92 Å². The van der Waals surface area contributed by atoms with E-state index < -0.39 is 0 Å². The average molecular weight is 321 g/mol. The lowest BCUT2D eigenvalue weighted by molar-refractivity contribution is 0.890. The van der Waals surface area contributed by atoms with E-state index in [0.29, 0.717) is 18.4 Å². The average Bonchev–Trinajstić information content (AvgIpc) is 3.16. The van der Waals surface area contributed by atoms with E-state index in [-0.39, 0.29) is 5.28 Å². The Morgan fingerprint density at radius 2 is 2.10 bits per heavy atom. The van der Waals surface area contributed by atoms with Gasteiger partial charge in [0.05, 0.1) is 6.54 Å². The van der Waals surface area contributed by atoms with Crippen LogP contribution in [0.1, 0.15) is 16.7 Å². The van der Waals surface area contributed by atoms with Gasteiger partial charge < -0.3 is 5.32 Å². The van der Waals surface area contributed by atoms with Crippen LogP contribution in [0.3, 0.4) is 0 Å². The van der Waals surface area contributed by atoms with Crippen LogP contribution in [0.25, 0.3) is 5.95 Å². The van der Waals surface area contributed by atoms with E-state index in [2.05, 4.69) is 44.3 Å². The van der Waals surface area contributed by atoms with Gasteiger partial charge in [0.1, 0.15) is 6.33 Å². The van der Waals surface area contributed by atoms with Crippen molar-refractivity contribution in [2.75, 3.05) is 5.32 Å². The molecule has 0 amide bonds. The summed E-state index contributed by atoms with van der Waals surface area (Å²) in [7, 11) is 0. The number of anilines is 1. The molecular weight excluding hydrogens is 308 g/mol. The van der Waals surface area contributed by atoms with Crippen molar-refractivity contribution in [3.8, 4) is 5.95 Å². The van der Waals surface area contributed by atoms with Crippen molar-refractivity contribution in [1.29, 1.82) is 0 Å². The van der Waals surface area contributed by atoms with Gasteiger partial charge in [-0.2, -0.15) is 15.0 Å². The van der Waals surface area contributed by atoms with Crippen molar-refractivity contribution in [3.63, 3.8) is 0 Å². The van der Waals surface area contributed by atoms with E-state index in [1.165, 1.54) is 9.75 Å². The molecule has 0 fully saturated rings. The summed E-state index contributed by atoms with van der Waals surface area (Å²) in [5.74, 6) is 0.889. The molecule has 0 saturated carbocycles. The first-order valence-electron chi connectivity index (χ1n) is 6.46. The summed E-state index contributed by atoms with van der Waals surface area (Å²) in [4.78, 5) is 19.0. The van der Waals surface area contributed by atoms with Gasteiger partial charge in [0.2, 0.25) is 17.2 Å². The fourth-order valence-electron chi connectivity index (χ4n) is 1.79. The number of nitrogens with one attached hydrogen (secondary N) is 1. The van der Waals surface area contributed by atoms with Crippen LogP contribution in [0.2, 0.25) is 5.28 Å². The number of thiophene rings is 1. The lowest BCUT2D eigenvalue weighted by Gasteiger charge is -2.06. The molecule has 3 aromatic heterocycles. The molecule has 3 rings (SSSR count). The van der Waals surface area contributed by atoms with Crippen molar-refractivity contribution in [2.24, 2.45) is 0 Å². The third kappa shape index (κ3) is 3.37. The second-order valence-electron chi connectivity index (χ2n) is 4.27. The summed E-state index contributed by atoms with van der Waals surface area (Å²) in [5, 5.41) is 3.32. The molecule has 6 nitrogen and oxygen atoms in total. The van der Waals surface area contributed by atoms with Gasteiger partial charge >= 0.3 is 0 Å². The zero-order chi connectivity index (χ0) is 14.7. The summed E-state index contributed by atoms with van der Waals surface area (Å²) in [6.45, 7) is 2.81. The molecule has 1 N–H and O–H groups in total. The van der Waals surface area contributed by atoms with Crippen LogP contribution in [-0.2, 0) is 13.0 Å². The fraction of sp³-hybridized carbons (Fsp3) is 0.231. The summed E-state index contributed by atoms with van der Waals surface area (Å²) in [6, 6.07) is 4.25. The molecule has 0 saturated heterocycles. The highest BCUT2D eigenvalue weighted by Gasteiger charge is 2.07. The van der Waals surface area contributed by atoms with Gasteiger partial charge in [-0.05, 0) is 30.2 Å². The zero-order valence-corrected chi connectivity index (χ0v) is 12.9. The molecule has 0 aliphatic carbocycles. The minimum absolute atomic E-state index is 0.150. The molecule has 0 unspecified atom stereocenters. The number of nitrogens with zero attached hydrogens (tertiary/aromatic N) is 5. The summed E-state index contributed by atoms with van der Waals surface area (Å²) in [6.07, 6.45) is 6.07. The molecular formula is C13H13ClN6S. The highest BCUT2D eigenvalue weighted by atomic mass is 35.5. The molecule has 0 aliphatic rings. The Labute approximate surface area is 130 Å². The number of aryl methyl sites for hydroxylation is 1. The normalized spacial score (nSPS) is 10.8. The highest BCUT2D eigenvalue weighted by molar-refractivity contribution is 7.12. The summed E-state index contributed by atoms with van der Waals surface area (Å²) < 4.78 is 1.68. The van der Waals surface area contributed by atoms with E-state index in [1.54, 1.807) is 34.6 Å². The van der Waals surface area contributed by atoms with Gasteiger partial charge in [-0.15, -0.1) is 11.3 Å². The number of imidazole rings is 1. The molecule has 0 bridgehead atoms. The monoisotopic (exact) mass is 320 g/mol. The predicted octanol–water partition coefficient (Wildman–Crippen LogP) is 2.95. The number of hydrogen-bond donors (Lipinski definition) is 1. The second-order valence-corrected chi connectivity index (χ2v) is 5.86. The van der Waals surface area contributed by atoms with E-state index in [1.807, 2.05) is 0 Å². The standard InChI is InChI=1S/C13H13ClN6S/c1-2-9-3-4-10(21-9)7-16-12-17-11(14)18-13(19-12)20-6-5-15-8-20/h3-6,8H,2,7H2,1H3,(H,16,17,18,19). The number of aromatic nitrogens is 5. The van der Waals surface area contributed by atoms with Crippen LogP contribution in [0, 0.1) is 0 Å². The molecule has 0 spiro atoms. The smallest absolute Gasteiger partial charge is 0.241 e. The van der Waals surface area contributed by atoms with Gasteiger partial charge in [0.15, 0.2) is 0 Å². The Morgan fingerprint density at radius 3 is 2.81 bits per heavy atom. The maximum Gasteiger partial charge on any atom is 0.241 e. The minimum Gasteiger partial charge on any atom is -0.349 e. The Morgan fingerprint density at radius 1 is 1.24 bits per heavy atom. The molecule has 0 radical (unpaired) electrons. The third-order valence-electron chi connectivity index (χ3n) is 2.82. The van der Waals surface area contributed by atoms with Crippen molar-refractivity contribution in [2.45, 2.75) is 19.9 Å². The van der Waals surface area contributed by atoms with Crippen LogP contribution >= 0.6 is 22.9 Å². The maximum atomic E-state index is 5.94. The van der Waals surface area contributed by atoms with Crippen molar-refractivity contribution < 1.29 is 0 Å². The molecule has 21 heavy (non-hydrogen) atoms. The lowest BCUT2D eigenvalue weighted by atomic mass is 10.4. The van der Waals surface area contributed by atoms with Crippen LogP contribution in [0.4, 0.5) is 5.95 Å². The van der Waals surface area contributed by atoms with Gasteiger partial charge in [0.25, 0.3) is 0 Å². The highest BCUT2D eigenvalue weighted by Crippen LogP contribution is 2.18. The molecule has 0 atom stereocenters. The summed E-state index contributed by atoms with van der Waals surface area (Å²) in [5.41, 5.74) is 0. The van der Waals surface area contributed by atoms with Gasteiger partial charge in [-0.3, -0.25) is 4.57 Å². The van der Waals surface area contributed by atoms with Crippen LogP contribution in [0.15, 0.2) is 30.9 Å². The Kier molecular flexibility index (Phi) is 4.12. The molecule has 108 valence electrons. The molecule has 0 aliphatic heterocycles. The predicted molar refractivity (Wildman–Crippen MR) is 83.0 cm³/mol. The maximum absolute atomic E-state index is 5.94. The van der Waals surface area contributed by atoms with E-state index in [4.69, 9.17) is 11.6 Å². The Bertz CT molecular complexity index is 724. The Balaban J connectivity index is 1.76. The van der Waals surface area contributed by atoms with Crippen molar-refractivity contribution in [1.82, 2.24) is 24.5 Å². The quantitative estimate of drug-likeness (QED) is 0.782. The van der Waals surface area contributed by atoms with Gasteiger partial charge in [0, 0.05) is 22.1 Å². The number of rotatable bonds is 5. The zero-order valence-electron chi connectivity index (χ0n) is 11.3. The fourth-order valence-corrected chi connectivity index (χ4v) is 2.84. The molecule has 3 aromatic rings. The van der Waals surface area contributed by atoms with Crippen molar-refractivity contribution >= 4 is 28.9 Å². The first-order chi connectivity index (χ1) is 10.2. The Hall–Kier alpha value is -1.99. The number of hydrogen-bond acceptors (Lipinski definition) is 6. The third-order valence-corrected chi connectivity index (χ3v) is 4.22. The van der Waals surface area contributed by atoms with E-state index in [0.717, 1.165) is 6.42 Å². The SMILES string of the molecule is CCc1ccc(CNc2nc(Cl)nc(-n3ccnc3)n2)s1. The van der Waals surface area contributed by atoms with Crippen LogP contribution in [0.5, 0.6) is 0 Å².